The van der Waals surface area contributed by atoms with E-state index in [1.165, 1.54) is 0 Å². The van der Waals surface area contributed by atoms with Gasteiger partial charge < -0.3 is 0 Å². The molecule has 1 aliphatic rings. The van der Waals surface area contributed by atoms with Gasteiger partial charge in [-0.15, -0.1) is 0 Å². The fourth-order valence-electron chi connectivity index (χ4n) is 0.695. The highest BCUT2D eigenvalue weighted by Gasteiger charge is 2.25. The molecule has 0 amide bonds. The molecule has 0 spiro atoms. The molecule has 1 heterocycles. The van der Waals surface area contributed by atoms with Gasteiger partial charge in [0.15, 0.2) is 0 Å². The highest BCUT2D eigenvalue weighted by Crippen LogP contribution is 2.15. The van der Waals surface area contributed by atoms with Crippen molar-refractivity contribution >= 4 is 45.2 Å². The summed E-state index contributed by atoms with van der Waals surface area (Å²) in [5.41, 5.74) is 0. The van der Waals surface area contributed by atoms with E-state index in [1.54, 1.807) is 0 Å². The Hall–Kier alpha value is 1.38. The van der Waals surface area contributed by atoms with E-state index < -0.39 is 0 Å². The van der Waals surface area contributed by atoms with Crippen LogP contribution in [0.1, 0.15) is 6.92 Å². The molecule has 8 heavy (non-hydrogen) atoms. The van der Waals surface area contributed by atoms with Gasteiger partial charge in [-0.25, -0.2) is 0 Å². The number of nitrogens with one attached hydrogen (secondary N) is 2. The summed E-state index contributed by atoms with van der Waals surface area (Å²) < 4.78 is 1.17. The molecule has 0 bridgehead atoms. The zero-order valence-corrected chi connectivity index (χ0v) is 8.80. The van der Waals surface area contributed by atoms with E-state index in [-0.39, 0.29) is 0 Å². The van der Waals surface area contributed by atoms with Crippen LogP contribution in [0.4, 0.5) is 0 Å². The Labute approximate surface area is 76.5 Å². The Morgan fingerprint density at radius 1 is 1.12 bits per heavy atom. The average Bonchev–Trinajstić information content (AvgIpc) is 1.85. The van der Waals surface area contributed by atoms with Gasteiger partial charge in [0.1, 0.15) is 0 Å². The highest BCUT2D eigenvalue weighted by molar-refractivity contribution is 14.1. The Bertz CT molecular complexity index is 78.1. The average molecular weight is 338 g/mol. The van der Waals surface area contributed by atoms with Crippen molar-refractivity contribution < 1.29 is 0 Å². The minimum absolute atomic E-state index is 0.485. The molecule has 1 rings (SSSR count). The van der Waals surface area contributed by atoms with Crippen LogP contribution in [0.2, 0.25) is 0 Å². The third-order valence-corrected chi connectivity index (χ3v) is 4.61. The van der Waals surface area contributed by atoms with Crippen LogP contribution in [0.3, 0.4) is 0 Å². The first-order valence-electron chi connectivity index (χ1n) is 2.50. The van der Waals surface area contributed by atoms with Crippen LogP contribution in [0.5, 0.6) is 0 Å². The maximum absolute atomic E-state index is 3.33. The van der Waals surface area contributed by atoms with Crippen LogP contribution in [0.25, 0.3) is 0 Å². The van der Waals surface area contributed by atoms with Gasteiger partial charge in [0.25, 0.3) is 0 Å². The lowest BCUT2D eigenvalue weighted by Crippen LogP contribution is -2.28. The number of alkyl halides is 2. The van der Waals surface area contributed by atoms with Gasteiger partial charge in [-0.2, -0.15) is 0 Å². The second-order valence-corrected chi connectivity index (χ2v) is 4.54. The molecule has 0 aliphatic carbocycles. The summed E-state index contributed by atoms with van der Waals surface area (Å²) in [6.45, 7) is 2.13. The molecule has 0 aromatic heterocycles. The van der Waals surface area contributed by atoms with E-state index in [2.05, 4.69) is 62.7 Å². The molecule has 2 N–H and O–H groups in total. The minimum Gasteiger partial charge on any atom is -0.288 e. The van der Waals surface area contributed by atoms with Crippen molar-refractivity contribution in [1.29, 1.82) is 0 Å². The van der Waals surface area contributed by atoms with Crippen LogP contribution in [0, 0.1) is 0 Å². The van der Waals surface area contributed by atoms with Gasteiger partial charge in [0.2, 0.25) is 0 Å². The molecule has 0 radical (unpaired) electrons. The van der Waals surface area contributed by atoms with Crippen LogP contribution >= 0.6 is 45.2 Å². The normalized spacial score (nSPS) is 47.6. The van der Waals surface area contributed by atoms with Gasteiger partial charge in [-0.05, 0) is 6.92 Å². The lowest BCUT2D eigenvalue weighted by molar-refractivity contribution is 0.601. The summed E-state index contributed by atoms with van der Waals surface area (Å²) in [4.78, 5) is 0. The van der Waals surface area contributed by atoms with E-state index in [0.29, 0.717) is 14.3 Å². The third kappa shape index (κ3) is 1.68. The van der Waals surface area contributed by atoms with E-state index in [1.807, 2.05) is 0 Å². The number of halogens is 2. The summed E-state index contributed by atoms with van der Waals surface area (Å²) in [6.07, 6.45) is 0.485. The summed E-state index contributed by atoms with van der Waals surface area (Å²) in [6, 6.07) is 0. The van der Waals surface area contributed by atoms with E-state index >= 15 is 0 Å². The quantitative estimate of drug-likeness (QED) is 0.392. The van der Waals surface area contributed by atoms with Crippen molar-refractivity contribution in [2.45, 2.75) is 21.2 Å². The van der Waals surface area contributed by atoms with Gasteiger partial charge in [-0.3, -0.25) is 10.6 Å². The molecule has 0 aromatic carbocycles. The Kier molecular flexibility index (Phi) is 2.79. The fourth-order valence-corrected chi connectivity index (χ4v) is 2.19. The van der Waals surface area contributed by atoms with Crippen molar-refractivity contribution in [3.05, 3.63) is 0 Å². The molecule has 2 nitrogen and oxygen atoms in total. The Morgan fingerprint density at radius 2 is 1.50 bits per heavy atom. The van der Waals surface area contributed by atoms with Gasteiger partial charge in [0.05, 0.1) is 14.3 Å². The second-order valence-electron chi connectivity index (χ2n) is 1.86. The number of hydrogen-bond acceptors (Lipinski definition) is 2. The largest absolute Gasteiger partial charge is 0.288 e. The Balaban J connectivity index is 2.39. The highest BCUT2D eigenvalue weighted by atomic mass is 127. The van der Waals surface area contributed by atoms with E-state index in [0.717, 1.165) is 0 Å². The zero-order chi connectivity index (χ0) is 6.15. The summed E-state index contributed by atoms with van der Waals surface area (Å²) in [5.74, 6) is 0. The predicted molar refractivity (Wildman–Crippen MR) is 51.3 cm³/mol. The van der Waals surface area contributed by atoms with Crippen LogP contribution in [0.15, 0.2) is 0 Å². The topological polar surface area (TPSA) is 24.1 Å². The molecule has 2 atom stereocenters. The van der Waals surface area contributed by atoms with Gasteiger partial charge in [0, 0.05) is 0 Å². The lowest BCUT2D eigenvalue weighted by Gasteiger charge is -2.01. The van der Waals surface area contributed by atoms with Crippen LogP contribution < -0.4 is 10.6 Å². The first kappa shape index (κ1) is 7.49. The summed E-state index contributed by atoms with van der Waals surface area (Å²) in [7, 11) is 0. The minimum atomic E-state index is 0.485. The monoisotopic (exact) mass is 338 g/mol. The molecule has 1 aliphatic heterocycles. The van der Waals surface area contributed by atoms with E-state index in [9.17, 15) is 0 Å². The summed E-state index contributed by atoms with van der Waals surface area (Å²) >= 11 is 4.78. The molecule has 4 heteroatoms. The van der Waals surface area contributed by atoms with Crippen molar-refractivity contribution in [3.63, 3.8) is 0 Å². The molecular weight excluding hydrogens is 330 g/mol. The first-order chi connectivity index (χ1) is 3.70. The molecule has 2 unspecified atom stereocenters. The van der Waals surface area contributed by atoms with Crippen molar-refractivity contribution in [2.24, 2.45) is 0 Å². The maximum Gasteiger partial charge on any atom is 0.0854 e. The zero-order valence-electron chi connectivity index (χ0n) is 4.49. The van der Waals surface area contributed by atoms with Crippen LogP contribution in [-0.4, -0.2) is 14.3 Å². The molecule has 48 valence electrons. The molecule has 0 aromatic rings. The van der Waals surface area contributed by atoms with Gasteiger partial charge in [-0.1, -0.05) is 45.2 Å². The first-order valence-corrected chi connectivity index (χ1v) is 4.99. The number of hydrogen-bond donors (Lipinski definition) is 2. The van der Waals surface area contributed by atoms with Crippen molar-refractivity contribution in [2.75, 3.05) is 0 Å². The summed E-state index contributed by atoms with van der Waals surface area (Å²) in [5, 5.41) is 6.67. The predicted octanol–water partition coefficient (Wildman–Crippen LogP) is 1.05. The molecular formula is C4H8I2N2. The second kappa shape index (κ2) is 2.98. The standard InChI is InChI=1S/C4H8I2N2/c1-2-7-3(5)4(6)8-2/h2-4,7-8H,1H3. The van der Waals surface area contributed by atoms with Gasteiger partial charge >= 0.3 is 0 Å². The fraction of sp³-hybridized carbons (Fsp3) is 1.00. The van der Waals surface area contributed by atoms with E-state index in [4.69, 9.17) is 0 Å². The molecule has 1 fully saturated rings. The smallest absolute Gasteiger partial charge is 0.0854 e. The SMILES string of the molecule is CC1NC(I)C(I)N1. The van der Waals surface area contributed by atoms with Crippen LogP contribution in [-0.2, 0) is 0 Å². The molecule has 1 saturated heterocycles. The maximum atomic E-state index is 3.33. The van der Waals surface area contributed by atoms with Crippen molar-refractivity contribution in [1.82, 2.24) is 10.6 Å². The number of rotatable bonds is 0. The molecule has 0 saturated carbocycles. The lowest BCUT2D eigenvalue weighted by atomic mass is 10.6. The Morgan fingerprint density at radius 3 is 1.62 bits per heavy atom. The third-order valence-electron chi connectivity index (χ3n) is 1.08. The van der Waals surface area contributed by atoms with Crippen molar-refractivity contribution in [3.8, 4) is 0 Å².